The molecule has 8 nitrogen and oxygen atoms in total. The molecule has 196 valence electrons. The third-order valence-corrected chi connectivity index (χ3v) is 6.97. The molecule has 2 aromatic heterocycles. The summed E-state index contributed by atoms with van der Waals surface area (Å²) in [5.74, 6) is 3.37. The highest BCUT2D eigenvalue weighted by molar-refractivity contribution is 7.80. The van der Waals surface area contributed by atoms with Crippen LogP contribution in [0.15, 0.2) is 79.3 Å². The maximum atomic E-state index is 12.7. The van der Waals surface area contributed by atoms with E-state index in [1.165, 1.54) is 0 Å². The molecule has 1 aliphatic rings. The third-order valence-electron chi connectivity index (χ3n) is 6.44. The molecule has 1 unspecified atom stereocenters. The van der Waals surface area contributed by atoms with Crippen LogP contribution in [0.25, 0.3) is 0 Å². The molecule has 0 spiro atoms. The summed E-state index contributed by atoms with van der Waals surface area (Å²) >= 11 is 4.68. The number of rotatable bonds is 7. The lowest BCUT2D eigenvalue weighted by molar-refractivity contribution is 0.0930. The number of thiol groups is 1. The van der Waals surface area contributed by atoms with Gasteiger partial charge in [-0.25, -0.2) is 14.8 Å². The van der Waals surface area contributed by atoms with Crippen molar-refractivity contribution >= 4 is 18.7 Å². The average Bonchev–Trinajstić information content (AvgIpc) is 3.37. The number of likely N-dealkylation sites (tertiary alicyclic amines) is 1. The van der Waals surface area contributed by atoms with E-state index in [0.29, 0.717) is 30.5 Å². The molecule has 1 amide bonds. The lowest BCUT2D eigenvalue weighted by Crippen LogP contribution is -2.43. The molecule has 4 aromatic rings. The second-order valence-corrected chi connectivity index (χ2v) is 9.80. The van der Waals surface area contributed by atoms with E-state index in [4.69, 9.17) is 14.2 Å². The van der Waals surface area contributed by atoms with E-state index in [1.807, 2.05) is 73.3 Å². The molecule has 1 atom stereocenters. The van der Waals surface area contributed by atoms with Gasteiger partial charge < -0.3 is 23.7 Å². The van der Waals surface area contributed by atoms with E-state index >= 15 is 0 Å². The van der Waals surface area contributed by atoms with Crippen LogP contribution in [0.5, 0.6) is 23.1 Å². The first kappa shape index (κ1) is 25.7. The van der Waals surface area contributed by atoms with Crippen molar-refractivity contribution in [2.75, 3.05) is 13.1 Å². The van der Waals surface area contributed by atoms with Crippen LogP contribution in [-0.4, -0.2) is 44.7 Å². The highest BCUT2D eigenvalue weighted by Gasteiger charge is 2.25. The zero-order chi connectivity index (χ0) is 26.5. The molecular formula is C29H30N4O4S. The number of amides is 1. The van der Waals surface area contributed by atoms with E-state index in [0.717, 1.165) is 35.5 Å². The van der Waals surface area contributed by atoms with Gasteiger partial charge in [-0.05, 0) is 54.4 Å². The molecule has 0 saturated carbocycles. The van der Waals surface area contributed by atoms with Gasteiger partial charge in [0.25, 0.3) is 0 Å². The number of benzene rings is 2. The highest BCUT2D eigenvalue weighted by Crippen LogP contribution is 2.29. The van der Waals surface area contributed by atoms with Crippen LogP contribution in [-0.2, 0) is 7.05 Å². The lowest BCUT2D eigenvalue weighted by Gasteiger charge is -2.31. The monoisotopic (exact) mass is 530 g/mol. The van der Waals surface area contributed by atoms with Gasteiger partial charge in [0.2, 0.25) is 5.88 Å². The maximum Gasteiger partial charge on any atom is 0.415 e. The Morgan fingerprint density at radius 1 is 0.947 bits per heavy atom. The summed E-state index contributed by atoms with van der Waals surface area (Å²) in [6, 6.07) is 18.7. The Morgan fingerprint density at radius 3 is 2.26 bits per heavy atom. The van der Waals surface area contributed by atoms with Gasteiger partial charge in [0.05, 0.1) is 5.25 Å². The lowest BCUT2D eigenvalue weighted by atomic mass is 10.1. The SMILES string of the molecule is Cc1ccc(Oc2ccc(OC3CCN(C(=O)Oc4ccc(C(S)c5nccn5C)cc4)CC3)cc2)nc1. The smallest absolute Gasteiger partial charge is 0.415 e. The number of pyridine rings is 1. The van der Waals surface area contributed by atoms with Crippen LogP contribution in [0.4, 0.5) is 4.79 Å². The van der Waals surface area contributed by atoms with Crippen molar-refractivity contribution in [1.82, 2.24) is 19.4 Å². The van der Waals surface area contributed by atoms with Crippen molar-refractivity contribution in [3.05, 3.63) is 96.2 Å². The van der Waals surface area contributed by atoms with Gasteiger partial charge >= 0.3 is 6.09 Å². The Labute approximate surface area is 227 Å². The number of piperidine rings is 1. The van der Waals surface area contributed by atoms with Gasteiger partial charge in [0, 0.05) is 57.6 Å². The van der Waals surface area contributed by atoms with Crippen LogP contribution in [0, 0.1) is 6.92 Å². The van der Waals surface area contributed by atoms with E-state index < -0.39 is 0 Å². The molecule has 3 heterocycles. The zero-order valence-corrected chi connectivity index (χ0v) is 22.3. The summed E-state index contributed by atoms with van der Waals surface area (Å²) in [7, 11) is 1.94. The Balaban J connectivity index is 1.08. The largest absolute Gasteiger partial charge is 0.490 e. The van der Waals surface area contributed by atoms with Gasteiger partial charge in [0.1, 0.15) is 29.2 Å². The Morgan fingerprint density at radius 2 is 1.63 bits per heavy atom. The maximum absolute atomic E-state index is 12.7. The van der Waals surface area contributed by atoms with Gasteiger partial charge in [-0.1, -0.05) is 18.2 Å². The summed E-state index contributed by atoms with van der Waals surface area (Å²) in [6.07, 6.45) is 6.54. The fourth-order valence-electron chi connectivity index (χ4n) is 4.24. The second-order valence-electron chi connectivity index (χ2n) is 9.29. The molecule has 9 heteroatoms. The molecule has 0 aliphatic carbocycles. The molecule has 0 N–H and O–H groups in total. The van der Waals surface area contributed by atoms with Gasteiger partial charge in [0.15, 0.2) is 0 Å². The predicted molar refractivity (Wildman–Crippen MR) is 147 cm³/mol. The zero-order valence-electron chi connectivity index (χ0n) is 21.4. The highest BCUT2D eigenvalue weighted by atomic mass is 32.1. The topological polar surface area (TPSA) is 78.7 Å². The molecular weight excluding hydrogens is 500 g/mol. The van der Waals surface area contributed by atoms with Crippen LogP contribution in [0.3, 0.4) is 0 Å². The van der Waals surface area contributed by atoms with Crippen LogP contribution in [0.2, 0.25) is 0 Å². The molecule has 2 aromatic carbocycles. The number of carbonyl (C=O) groups excluding carboxylic acids is 1. The number of carbonyl (C=O) groups is 1. The minimum absolute atomic E-state index is 0.0299. The van der Waals surface area contributed by atoms with E-state index in [9.17, 15) is 4.79 Å². The fourth-order valence-corrected chi connectivity index (χ4v) is 4.66. The van der Waals surface area contributed by atoms with E-state index in [1.54, 1.807) is 29.4 Å². The first-order valence-electron chi connectivity index (χ1n) is 12.5. The third kappa shape index (κ3) is 6.28. The number of hydrogen-bond acceptors (Lipinski definition) is 7. The van der Waals surface area contributed by atoms with Gasteiger partial charge in [-0.15, -0.1) is 0 Å². The van der Waals surface area contributed by atoms with E-state index in [2.05, 4.69) is 22.6 Å². The molecule has 0 bridgehead atoms. The second kappa shape index (κ2) is 11.6. The summed E-state index contributed by atoms with van der Waals surface area (Å²) in [5.41, 5.74) is 2.06. The van der Waals surface area contributed by atoms with Gasteiger partial charge in [-0.3, -0.25) is 0 Å². The van der Waals surface area contributed by atoms with Crippen LogP contribution >= 0.6 is 12.6 Å². The summed E-state index contributed by atoms with van der Waals surface area (Å²) in [4.78, 5) is 23.0. The van der Waals surface area contributed by atoms with Crippen molar-refractivity contribution in [1.29, 1.82) is 0 Å². The van der Waals surface area contributed by atoms with Crippen molar-refractivity contribution < 1.29 is 19.0 Å². The van der Waals surface area contributed by atoms with Gasteiger partial charge in [-0.2, -0.15) is 12.6 Å². The molecule has 1 fully saturated rings. The Bertz CT molecular complexity index is 1350. The minimum atomic E-state index is -0.353. The summed E-state index contributed by atoms with van der Waals surface area (Å²) in [6.45, 7) is 3.12. The normalized spacial score (nSPS) is 14.7. The molecule has 5 rings (SSSR count). The number of nitrogens with zero attached hydrogens (tertiary/aromatic N) is 4. The number of ether oxygens (including phenoxy) is 3. The van der Waals surface area contributed by atoms with Crippen LogP contribution in [0.1, 0.15) is 35.0 Å². The Kier molecular flexibility index (Phi) is 7.83. The first-order valence-corrected chi connectivity index (χ1v) is 13.1. The summed E-state index contributed by atoms with van der Waals surface area (Å²) < 4.78 is 19.5. The van der Waals surface area contributed by atoms with Crippen molar-refractivity contribution in [2.45, 2.75) is 31.1 Å². The van der Waals surface area contributed by atoms with Crippen LogP contribution < -0.4 is 14.2 Å². The first-order chi connectivity index (χ1) is 18.4. The van der Waals surface area contributed by atoms with Crippen molar-refractivity contribution in [2.24, 2.45) is 7.05 Å². The fraction of sp³-hybridized carbons (Fsp3) is 0.276. The Hall–Kier alpha value is -3.98. The minimum Gasteiger partial charge on any atom is -0.490 e. The van der Waals surface area contributed by atoms with E-state index in [-0.39, 0.29) is 17.4 Å². The average molecular weight is 531 g/mol. The van der Waals surface area contributed by atoms with Crippen molar-refractivity contribution in [3.63, 3.8) is 0 Å². The number of hydrogen-bond donors (Lipinski definition) is 1. The molecule has 38 heavy (non-hydrogen) atoms. The molecule has 0 radical (unpaired) electrons. The standard InChI is InChI=1S/C29H30N4O4S/c1-20-3-12-26(31-19-20)36-23-10-8-22(9-11-23)35-25-13-16-33(17-14-25)29(34)37-24-6-4-21(5-7-24)27(38)28-30-15-18-32(28)2/h3-12,15,18-19,25,27,38H,13-14,16-17H2,1-2H3. The van der Waals surface area contributed by atoms with Crippen molar-refractivity contribution in [3.8, 4) is 23.1 Å². The molecule has 1 aliphatic heterocycles. The quantitative estimate of drug-likeness (QED) is 0.296. The predicted octanol–water partition coefficient (Wildman–Crippen LogP) is 5.98. The number of aromatic nitrogens is 3. The summed E-state index contributed by atoms with van der Waals surface area (Å²) in [5, 5.41) is -0.160. The number of imidazole rings is 1. The number of aryl methyl sites for hydroxylation is 2. The molecule has 1 saturated heterocycles.